The van der Waals surface area contributed by atoms with Gasteiger partial charge >= 0.3 is 0 Å². The molecule has 1 aromatic heterocycles. The summed E-state index contributed by atoms with van der Waals surface area (Å²) in [5.74, 6) is -0.120. The van der Waals surface area contributed by atoms with E-state index in [-0.39, 0.29) is 11.6 Å². The number of hydrogen-bond acceptors (Lipinski definition) is 6. The fourth-order valence-corrected chi connectivity index (χ4v) is 2.40. The van der Waals surface area contributed by atoms with Crippen LogP contribution >= 0.6 is 11.3 Å². The molecule has 0 saturated heterocycles. The van der Waals surface area contributed by atoms with E-state index in [1.54, 1.807) is 17.5 Å². The number of carbonyl (C=O) groups excluding carboxylic acids is 1. The predicted molar refractivity (Wildman–Crippen MR) is 81.1 cm³/mol. The molecule has 1 heterocycles. The Morgan fingerprint density at radius 3 is 2.71 bits per heavy atom. The Morgan fingerprint density at radius 1 is 1.38 bits per heavy atom. The Hall–Kier alpha value is -2.32. The second kappa shape index (κ2) is 6.91. The van der Waals surface area contributed by atoms with E-state index >= 15 is 0 Å². The Labute approximate surface area is 125 Å². The number of rotatable bonds is 6. The lowest BCUT2D eigenvalue weighted by Gasteiger charge is -2.00. The average Bonchev–Trinajstić information content (AvgIpc) is 2.93. The van der Waals surface area contributed by atoms with E-state index < -0.39 is 4.92 Å². The molecule has 0 spiro atoms. The molecule has 2 rings (SSSR count). The van der Waals surface area contributed by atoms with Crippen molar-refractivity contribution in [3.63, 3.8) is 0 Å². The highest BCUT2D eigenvalue weighted by molar-refractivity contribution is 7.14. The van der Waals surface area contributed by atoms with Crippen LogP contribution in [-0.4, -0.2) is 22.4 Å². The number of nitrogens with zero attached hydrogens (tertiary/aromatic N) is 2. The monoisotopic (exact) mass is 306 g/mol. The molecule has 1 aromatic carbocycles. The molecule has 0 radical (unpaired) electrons. The number of thiazole rings is 1. The summed E-state index contributed by atoms with van der Waals surface area (Å²) in [6.45, 7) is 0.472. The molecule has 3 N–H and O–H groups in total. The van der Waals surface area contributed by atoms with Gasteiger partial charge in [-0.3, -0.25) is 14.9 Å². The van der Waals surface area contributed by atoms with Crippen LogP contribution in [0.1, 0.15) is 12.8 Å². The van der Waals surface area contributed by atoms with E-state index in [0.29, 0.717) is 30.2 Å². The summed E-state index contributed by atoms with van der Waals surface area (Å²) in [7, 11) is 0. The van der Waals surface area contributed by atoms with Crippen LogP contribution in [0.5, 0.6) is 0 Å². The number of nitro groups is 1. The SMILES string of the molecule is NCCCC(=O)Nc1nc(-c2ccc([N+](=O)[O-])cc2)cs1. The van der Waals surface area contributed by atoms with Gasteiger partial charge in [0.25, 0.3) is 5.69 Å². The molecule has 0 aliphatic heterocycles. The van der Waals surface area contributed by atoms with Gasteiger partial charge in [-0.05, 0) is 25.1 Å². The third kappa shape index (κ3) is 4.07. The zero-order valence-corrected chi connectivity index (χ0v) is 11.9. The van der Waals surface area contributed by atoms with E-state index in [0.717, 1.165) is 5.56 Å². The maximum Gasteiger partial charge on any atom is 0.269 e. The molecule has 0 aliphatic carbocycles. The second-order valence-corrected chi connectivity index (χ2v) is 5.14. The minimum Gasteiger partial charge on any atom is -0.330 e. The fraction of sp³-hybridized carbons (Fsp3) is 0.231. The molecule has 8 heteroatoms. The van der Waals surface area contributed by atoms with Gasteiger partial charge in [0, 0.05) is 29.5 Å². The van der Waals surface area contributed by atoms with Crippen molar-refractivity contribution in [3.05, 3.63) is 39.8 Å². The first-order valence-electron chi connectivity index (χ1n) is 6.30. The minimum absolute atomic E-state index is 0.0318. The number of hydrogen-bond donors (Lipinski definition) is 2. The number of nitrogens with one attached hydrogen (secondary N) is 1. The van der Waals surface area contributed by atoms with Crippen LogP contribution in [0.4, 0.5) is 10.8 Å². The van der Waals surface area contributed by atoms with Crippen LogP contribution in [-0.2, 0) is 4.79 Å². The van der Waals surface area contributed by atoms with Gasteiger partial charge in [0.15, 0.2) is 5.13 Å². The lowest BCUT2D eigenvalue weighted by atomic mass is 10.1. The molecule has 0 fully saturated rings. The molecular formula is C13H14N4O3S. The summed E-state index contributed by atoms with van der Waals surface area (Å²) in [5, 5.41) is 15.6. The summed E-state index contributed by atoms with van der Waals surface area (Å²) >= 11 is 1.31. The van der Waals surface area contributed by atoms with E-state index in [9.17, 15) is 14.9 Å². The maximum absolute atomic E-state index is 11.6. The van der Waals surface area contributed by atoms with Gasteiger partial charge < -0.3 is 11.1 Å². The van der Waals surface area contributed by atoms with E-state index in [4.69, 9.17) is 5.73 Å². The summed E-state index contributed by atoms with van der Waals surface area (Å²) in [6.07, 6.45) is 0.995. The quantitative estimate of drug-likeness (QED) is 0.628. The number of anilines is 1. The summed E-state index contributed by atoms with van der Waals surface area (Å²) in [6, 6.07) is 6.11. The number of amides is 1. The third-order valence-electron chi connectivity index (χ3n) is 2.73. The smallest absolute Gasteiger partial charge is 0.269 e. The molecule has 0 aliphatic rings. The first kappa shape index (κ1) is 15.1. The zero-order chi connectivity index (χ0) is 15.2. The highest BCUT2D eigenvalue weighted by Crippen LogP contribution is 2.26. The van der Waals surface area contributed by atoms with Gasteiger partial charge in [0.05, 0.1) is 10.6 Å². The highest BCUT2D eigenvalue weighted by Gasteiger charge is 2.09. The van der Waals surface area contributed by atoms with Gasteiger partial charge in [-0.2, -0.15) is 0 Å². The minimum atomic E-state index is -0.450. The molecule has 7 nitrogen and oxygen atoms in total. The Kier molecular flexibility index (Phi) is 4.96. The van der Waals surface area contributed by atoms with Crippen molar-refractivity contribution in [1.82, 2.24) is 4.98 Å². The van der Waals surface area contributed by atoms with Crippen molar-refractivity contribution in [2.24, 2.45) is 5.73 Å². The summed E-state index contributed by atoms with van der Waals surface area (Å²) in [5.41, 5.74) is 6.81. The average molecular weight is 306 g/mol. The molecule has 21 heavy (non-hydrogen) atoms. The van der Waals surface area contributed by atoms with Crippen LogP contribution in [0.15, 0.2) is 29.6 Å². The lowest BCUT2D eigenvalue weighted by Crippen LogP contribution is -2.13. The zero-order valence-electron chi connectivity index (χ0n) is 11.1. The molecule has 0 bridgehead atoms. The Bertz CT molecular complexity index is 639. The summed E-state index contributed by atoms with van der Waals surface area (Å²) < 4.78 is 0. The highest BCUT2D eigenvalue weighted by atomic mass is 32.1. The number of aromatic nitrogens is 1. The molecule has 2 aromatic rings. The molecule has 110 valence electrons. The molecule has 0 atom stereocenters. The van der Waals surface area contributed by atoms with Crippen LogP contribution < -0.4 is 11.1 Å². The first-order chi connectivity index (χ1) is 10.1. The van der Waals surface area contributed by atoms with Gasteiger partial charge in [-0.15, -0.1) is 11.3 Å². The first-order valence-corrected chi connectivity index (χ1v) is 7.18. The van der Waals surface area contributed by atoms with Crippen molar-refractivity contribution < 1.29 is 9.72 Å². The van der Waals surface area contributed by atoms with E-state index in [1.807, 2.05) is 0 Å². The second-order valence-electron chi connectivity index (χ2n) is 4.28. The third-order valence-corrected chi connectivity index (χ3v) is 3.49. The van der Waals surface area contributed by atoms with Gasteiger partial charge in [0.1, 0.15) is 0 Å². The normalized spacial score (nSPS) is 10.3. The van der Waals surface area contributed by atoms with Crippen LogP contribution in [0.2, 0.25) is 0 Å². The molecule has 0 saturated carbocycles. The van der Waals surface area contributed by atoms with Gasteiger partial charge in [-0.25, -0.2) is 4.98 Å². The van der Waals surface area contributed by atoms with Gasteiger partial charge in [0.2, 0.25) is 5.91 Å². The number of nitrogens with two attached hydrogens (primary N) is 1. The fourth-order valence-electron chi connectivity index (χ4n) is 1.66. The predicted octanol–water partition coefficient (Wildman–Crippen LogP) is 2.40. The number of non-ortho nitro benzene ring substituents is 1. The number of nitro benzene ring substituents is 1. The van der Waals surface area contributed by atoms with Crippen LogP contribution in [0, 0.1) is 10.1 Å². The van der Waals surface area contributed by atoms with Crippen molar-refractivity contribution in [2.75, 3.05) is 11.9 Å². The topological polar surface area (TPSA) is 111 Å². The number of benzene rings is 1. The standard InChI is InChI=1S/C13H14N4O3S/c14-7-1-2-12(18)16-13-15-11(8-21-13)9-3-5-10(6-4-9)17(19)20/h3-6,8H,1-2,7,14H2,(H,15,16,18). The van der Waals surface area contributed by atoms with Crippen molar-refractivity contribution in [1.29, 1.82) is 0 Å². The maximum atomic E-state index is 11.6. The van der Waals surface area contributed by atoms with E-state index in [1.165, 1.54) is 23.5 Å². The molecular weight excluding hydrogens is 292 g/mol. The number of carbonyl (C=O) groups is 1. The van der Waals surface area contributed by atoms with Crippen molar-refractivity contribution in [2.45, 2.75) is 12.8 Å². The Morgan fingerprint density at radius 2 is 2.10 bits per heavy atom. The summed E-state index contributed by atoms with van der Waals surface area (Å²) in [4.78, 5) is 26.0. The Balaban J connectivity index is 2.05. The van der Waals surface area contributed by atoms with Gasteiger partial charge in [-0.1, -0.05) is 0 Å². The van der Waals surface area contributed by atoms with Crippen LogP contribution in [0.3, 0.4) is 0 Å². The largest absolute Gasteiger partial charge is 0.330 e. The van der Waals surface area contributed by atoms with E-state index in [2.05, 4.69) is 10.3 Å². The molecule has 1 amide bonds. The lowest BCUT2D eigenvalue weighted by molar-refractivity contribution is -0.384. The van der Waals surface area contributed by atoms with Crippen molar-refractivity contribution >= 4 is 28.1 Å². The van der Waals surface area contributed by atoms with Crippen molar-refractivity contribution in [3.8, 4) is 11.3 Å². The molecule has 0 unspecified atom stereocenters. The van der Waals surface area contributed by atoms with Crippen LogP contribution in [0.25, 0.3) is 11.3 Å².